The van der Waals surface area contributed by atoms with Gasteiger partial charge in [-0.15, -0.1) is 0 Å². The van der Waals surface area contributed by atoms with E-state index in [2.05, 4.69) is 20.6 Å². The van der Waals surface area contributed by atoms with Gasteiger partial charge in [-0.25, -0.2) is 9.97 Å². The average molecular weight is 362 g/mol. The van der Waals surface area contributed by atoms with Crippen LogP contribution < -0.4 is 15.4 Å². The maximum Gasteiger partial charge on any atom is 0.270 e. The lowest BCUT2D eigenvalue weighted by Gasteiger charge is -2.10. The molecule has 0 saturated carbocycles. The molecule has 0 fully saturated rings. The first-order chi connectivity index (χ1) is 13.2. The van der Waals surface area contributed by atoms with Gasteiger partial charge in [-0.2, -0.15) is 0 Å². The van der Waals surface area contributed by atoms with Crippen molar-refractivity contribution < 1.29 is 9.53 Å². The van der Waals surface area contributed by atoms with Crippen LogP contribution in [0.1, 0.15) is 21.6 Å². The lowest BCUT2D eigenvalue weighted by molar-refractivity contribution is 0.0949. The SMILES string of the molecule is COc1ccccc1CCNC(=O)c1cc(Nc2ccccc2C)ncn1. The highest BCUT2D eigenvalue weighted by Crippen LogP contribution is 2.19. The maximum absolute atomic E-state index is 12.4. The molecule has 27 heavy (non-hydrogen) atoms. The Labute approximate surface area is 158 Å². The number of amides is 1. The molecule has 2 aromatic carbocycles. The number of carbonyl (C=O) groups excluding carboxylic acids is 1. The summed E-state index contributed by atoms with van der Waals surface area (Å²) in [6.45, 7) is 2.50. The Hall–Kier alpha value is -3.41. The predicted molar refractivity (Wildman–Crippen MR) is 106 cm³/mol. The van der Waals surface area contributed by atoms with Crippen LogP contribution in [0.2, 0.25) is 0 Å². The molecule has 3 aromatic rings. The zero-order valence-corrected chi connectivity index (χ0v) is 15.4. The second kappa shape index (κ2) is 8.80. The van der Waals surface area contributed by atoms with Crippen molar-refractivity contribution in [2.75, 3.05) is 19.0 Å². The molecule has 6 heteroatoms. The van der Waals surface area contributed by atoms with Gasteiger partial charge < -0.3 is 15.4 Å². The van der Waals surface area contributed by atoms with E-state index < -0.39 is 0 Å². The van der Waals surface area contributed by atoms with Crippen molar-refractivity contribution in [3.05, 3.63) is 77.7 Å². The number of ether oxygens (including phenoxy) is 1. The molecule has 0 radical (unpaired) electrons. The van der Waals surface area contributed by atoms with Crippen LogP contribution in [0, 0.1) is 6.92 Å². The van der Waals surface area contributed by atoms with Crippen LogP contribution in [0.25, 0.3) is 0 Å². The standard InChI is InChI=1S/C21H22N4O2/c1-15-7-3-5-9-17(15)25-20-13-18(23-14-24-20)21(26)22-12-11-16-8-4-6-10-19(16)27-2/h3-10,13-14H,11-12H2,1-2H3,(H,22,26)(H,23,24,25). The fraction of sp³-hybridized carbons (Fsp3) is 0.190. The smallest absolute Gasteiger partial charge is 0.270 e. The predicted octanol–water partition coefficient (Wildman–Crippen LogP) is 3.51. The van der Waals surface area contributed by atoms with Crippen molar-refractivity contribution in [3.63, 3.8) is 0 Å². The van der Waals surface area contributed by atoms with E-state index in [4.69, 9.17) is 4.74 Å². The van der Waals surface area contributed by atoms with Gasteiger partial charge in [-0.05, 0) is 36.6 Å². The molecule has 0 saturated heterocycles. The molecular formula is C21H22N4O2. The summed E-state index contributed by atoms with van der Waals surface area (Å²) in [5.74, 6) is 1.16. The molecule has 2 N–H and O–H groups in total. The van der Waals surface area contributed by atoms with Gasteiger partial charge in [0.2, 0.25) is 0 Å². The first-order valence-corrected chi connectivity index (χ1v) is 8.72. The third kappa shape index (κ3) is 4.82. The van der Waals surface area contributed by atoms with Gasteiger partial charge in [0.25, 0.3) is 5.91 Å². The Morgan fingerprint density at radius 2 is 1.85 bits per heavy atom. The number of hydrogen-bond acceptors (Lipinski definition) is 5. The summed E-state index contributed by atoms with van der Waals surface area (Å²) in [5.41, 5.74) is 3.41. The fourth-order valence-electron chi connectivity index (χ4n) is 2.71. The van der Waals surface area contributed by atoms with Crippen molar-refractivity contribution in [2.24, 2.45) is 0 Å². The zero-order valence-electron chi connectivity index (χ0n) is 15.4. The molecular weight excluding hydrogens is 340 g/mol. The van der Waals surface area contributed by atoms with Gasteiger partial charge in [-0.1, -0.05) is 36.4 Å². The number of para-hydroxylation sites is 2. The van der Waals surface area contributed by atoms with Gasteiger partial charge in [-0.3, -0.25) is 4.79 Å². The van der Waals surface area contributed by atoms with E-state index in [1.807, 2.05) is 55.5 Å². The molecule has 1 amide bonds. The summed E-state index contributed by atoms with van der Waals surface area (Å²) in [6.07, 6.45) is 2.06. The monoisotopic (exact) mass is 362 g/mol. The van der Waals surface area contributed by atoms with Crippen molar-refractivity contribution in [3.8, 4) is 5.75 Å². The molecule has 0 aliphatic rings. The first kappa shape index (κ1) is 18.4. The van der Waals surface area contributed by atoms with E-state index in [-0.39, 0.29) is 5.91 Å². The fourth-order valence-corrected chi connectivity index (χ4v) is 2.71. The number of aryl methyl sites for hydroxylation is 1. The number of rotatable bonds is 7. The van der Waals surface area contributed by atoms with Crippen molar-refractivity contribution in [1.29, 1.82) is 0 Å². The van der Waals surface area contributed by atoms with Crippen molar-refractivity contribution in [2.45, 2.75) is 13.3 Å². The molecule has 1 heterocycles. The quantitative estimate of drug-likeness (QED) is 0.673. The maximum atomic E-state index is 12.4. The van der Waals surface area contributed by atoms with Crippen LogP contribution in [-0.2, 0) is 6.42 Å². The summed E-state index contributed by atoms with van der Waals surface area (Å²) >= 11 is 0. The minimum absolute atomic E-state index is 0.236. The van der Waals surface area contributed by atoms with E-state index in [9.17, 15) is 4.79 Å². The summed E-state index contributed by atoms with van der Waals surface area (Å²) in [5, 5.41) is 6.11. The summed E-state index contributed by atoms with van der Waals surface area (Å²) < 4.78 is 5.33. The van der Waals surface area contributed by atoms with Gasteiger partial charge in [0.05, 0.1) is 7.11 Å². The van der Waals surface area contributed by atoms with Crippen LogP contribution in [0.3, 0.4) is 0 Å². The van der Waals surface area contributed by atoms with Crippen LogP contribution in [-0.4, -0.2) is 29.5 Å². The number of nitrogens with zero attached hydrogens (tertiary/aromatic N) is 2. The summed E-state index contributed by atoms with van der Waals surface area (Å²) in [6, 6.07) is 17.3. The third-order valence-electron chi connectivity index (χ3n) is 4.18. The molecule has 6 nitrogen and oxygen atoms in total. The van der Waals surface area contributed by atoms with Crippen LogP contribution >= 0.6 is 0 Å². The molecule has 1 aromatic heterocycles. The number of hydrogen-bond donors (Lipinski definition) is 2. The minimum atomic E-state index is -0.236. The number of benzene rings is 2. The zero-order chi connectivity index (χ0) is 19.1. The second-order valence-electron chi connectivity index (χ2n) is 6.05. The average Bonchev–Trinajstić information content (AvgIpc) is 2.70. The largest absolute Gasteiger partial charge is 0.496 e. The molecule has 0 aliphatic heterocycles. The lowest BCUT2D eigenvalue weighted by atomic mass is 10.1. The number of nitrogens with one attached hydrogen (secondary N) is 2. The molecule has 3 rings (SSSR count). The number of aromatic nitrogens is 2. The van der Waals surface area contributed by atoms with Crippen molar-refractivity contribution in [1.82, 2.24) is 15.3 Å². The van der Waals surface area contributed by atoms with Crippen LogP contribution in [0.5, 0.6) is 5.75 Å². The number of methoxy groups -OCH3 is 1. The number of anilines is 2. The van der Waals surface area contributed by atoms with Gasteiger partial charge in [0.15, 0.2) is 0 Å². The Balaban J connectivity index is 1.61. The van der Waals surface area contributed by atoms with Gasteiger partial charge >= 0.3 is 0 Å². The highest BCUT2D eigenvalue weighted by molar-refractivity contribution is 5.93. The van der Waals surface area contributed by atoms with Gasteiger partial charge in [0, 0.05) is 18.3 Å². The Morgan fingerprint density at radius 1 is 1.07 bits per heavy atom. The molecule has 138 valence electrons. The lowest BCUT2D eigenvalue weighted by Crippen LogP contribution is -2.26. The van der Waals surface area contributed by atoms with E-state index in [1.165, 1.54) is 6.33 Å². The Kier molecular flexibility index (Phi) is 5.99. The van der Waals surface area contributed by atoms with E-state index >= 15 is 0 Å². The summed E-state index contributed by atoms with van der Waals surface area (Å²) in [7, 11) is 1.64. The highest BCUT2D eigenvalue weighted by Gasteiger charge is 2.10. The molecule has 0 unspecified atom stereocenters. The van der Waals surface area contributed by atoms with Crippen LogP contribution in [0.15, 0.2) is 60.9 Å². The molecule has 0 atom stereocenters. The van der Waals surface area contributed by atoms with E-state index in [0.717, 1.165) is 22.6 Å². The first-order valence-electron chi connectivity index (χ1n) is 8.72. The highest BCUT2D eigenvalue weighted by atomic mass is 16.5. The topological polar surface area (TPSA) is 76.1 Å². The van der Waals surface area contributed by atoms with E-state index in [1.54, 1.807) is 13.2 Å². The molecule has 0 bridgehead atoms. The minimum Gasteiger partial charge on any atom is -0.496 e. The van der Waals surface area contributed by atoms with Gasteiger partial charge in [0.1, 0.15) is 23.6 Å². The van der Waals surface area contributed by atoms with Crippen molar-refractivity contribution >= 4 is 17.4 Å². The molecule has 0 aliphatic carbocycles. The van der Waals surface area contributed by atoms with Crippen LogP contribution in [0.4, 0.5) is 11.5 Å². The van der Waals surface area contributed by atoms with E-state index in [0.29, 0.717) is 24.5 Å². The molecule has 0 spiro atoms. The Bertz CT molecular complexity index is 927. The summed E-state index contributed by atoms with van der Waals surface area (Å²) in [4.78, 5) is 20.7. The third-order valence-corrected chi connectivity index (χ3v) is 4.18. The number of carbonyl (C=O) groups is 1. The second-order valence-corrected chi connectivity index (χ2v) is 6.05. The normalized spacial score (nSPS) is 10.3. The Morgan fingerprint density at radius 3 is 2.67 bits per heavy atom.